The third-order valence-electron chi connectivity index (χ3n) is 2.74. The van der Waals surface area contributed by atoms with E-state index < -0.39 is 0 Å². The minimum absolute atomic E-state index is 0.0862. The standard InChI is InChI=1S/C16H16OS/c1-3-18-15-10-8-14(9-11-15)16(17)13-6-4-12(2)5-7-13/h4-11H,3H2,1-2H3. The Morgan fingerprint density at radius 1 is 0.944 bits per heavy atom. The minimum Gasteiger partial charge on any atom is -0.289 e. The van der Waals surface area contributed by atoms with Crippen LogP contribution in [-0.4, -0.2) is 11.5 Å². The molecule has 0 heterocycles. The van der Waals surface area contributed by atoms with Crippen molar-refractivity contribution in [3.63, 3.8) is 0 Å². The van der Waals surface area contributed by atoms with Gasteiger partial charge in [0.15, 0.2) is 5.78 Å². The van der Waals surface area contributed by atoms with Gasteiger partial charge < -0.3 is 0 Å². The fourth-order valence-electron chi connectivity index (χ4n) is 1.74. The molecule has 0 bridgehead atoms. The highest BCUT2D eigenvalue weighted by Gasteiger charge is 2.08. The number of rotatable bonds is 4. The van der Waals surface area contributed by atoms with Crippen LogP contribution in [0.3, 0.4) is 0 Å². The van der Waals surface area contributed by atoms with Crippen molar-refractivity contribution in [3.8, 4) is 0 Å². The Morgan fingerprint density at radius 2 is 1.44 bits per heavy atom. The number of aryl methyl sites for hydroxylation is 1. The number of benzene rings is 2. The Labute approximate surface area is 112 Å². The average molecular weight is 256 g/mol. The number of hydrogen-bond donors (Lipinski definition) is 0. The van der Waals surface area contributed by atoms with Gasteiger partial charge in [0.25, 0.3) is 0 Å². The molecule has 0 spiro atoms. The first kappa shape index (κ1) is 12.9. The van der Waals surface area contributed by atoms with E-state index in [1.165, 1.54) is 10.5 Å². The summed E-state index contributed by atoms with van der Waals surface area (Å²) < 4.78 is 0. The molecule has 0 radical (unpaired) electrons. The summed E-state index contributed by atoms with van der Waals surface area (Å²) in [6.07, 6.45) is 0. The zero-order valence-electron chi connectivity index (χ0n) is 10.6. The van der Waals surface area contributed by atoms with Gasteiger partial charge in [-0.1, -0.05) is 36.8 Å². The largest absolute Gasteiger partial charge is 0.289 e. The molecule has 0 atom stereocenters. The summed E-state index contributed by atoms with van der Waals surface area (Å²) in [6, 6.07) is 15.5. The summed E-state index contributed by atoms with van der Waals surface area (Å²) in [5.41, 5.74) is 2.66. The predicted octanol–water partition coefficient (Wildman–Crippen LogP) is 4.34. The lowest BCUT2D eigenvalue weighted by atomic mass is 10.0. The number of carbonyl (C=O) groups excluding carboxylic acids is 1. The highest BCUT2D eigenvalue weighted by Crippen LogP contribution is 2.19. The van der Waals surface area contributed by atoms with Gasteiger partial charge in [-0.25, -0.2) is 0 Å². The summed E-state index contributed by atoms with van der Waals surface area (Å²) in [5, 5.41) is 0. The average Bonchev–Trinajstić information content (AvgIpc) is 2.40. The van der Waals surface area contributed by atoms with E-state index in [-0.39, 0.29) is 5.78 Å². The zero-order valence-corrected chi connectivity index (χ0v) is 11.5. The summed E-state index contributed by atoms with van der Waals surface area (Å²) in [7, 11) is 0. The Kier molecular flexibility index (Phi) is 4.21. The van der Waals surface area contributed by atoms with Gasteiger partial charge in [0.1, 0.15) is 0 Å². The van der Waals surface area contributed by atoms with E-state index in [0.29, 0.717) is 0 Å². The Balaban J connectivity index is 2.20. The van der Waals surface area contributed by atoms with Crippen LogP contribution in [0.4, 0.5) is 0 Å². The van der Waals surface area contributed by atoms with Crippen LogP contribution in [0.1, 0.15) is 28.4 Å². The topological polar surface area (TPSA) is 17.1 Å². The molecule has 18 heavy (non-hydrogen) atoms. The second-order valence-electron chi connectivity index (χ2n) is 4.15. The maximum absolute atomic E-state index is 12.2. The molecule has 2 aromatic carbocycles. The van der Waals surface area contributed by atoms with Crippen LogP contribution >= 0.6 is 11.8 Å². The molecule has 2 heteroatoms. The van der Waals surface area contributed by atoms with Gasteiger partial charge in [-0.2, -0.15) is 0 Å². The molecule has 92 valence electrons. The lowest BCUT2D eigenvalue weighted by Gasteiger charge is -2.03. The molecular weight excluding hydrogens is 240 g/mol. The molecule has 1 nitrogen and oxygen atoms in total. The number of carbonyl (C=O) groups is 1. The van der Waals surface area contributed by atoms with Crippen molar-refractivity contribution >= 4 is 17.5 Å². The molecule has 0 unspecified atom stereocenters. The second kappa shape index (κ2) is 5.87. The zero-order chi connectivity index (χ0) is 13.0. The van der Waals surface area contributed by atoms with Crippen LogP contribution in [0.2, 0.25) is 0 Å². The molecule has 0 aliphatic rings. The van der Waals surface area contributed by atoms with Gasteiger partial charge in [-0.15, -0.1) is 11.8 Å². The van der Waals surface area contributed by atoms with Crippen LogP contribution in [0.5, 0.6) is 0 Å². The van der Waals surface area contributed by atoms with E-state index in [9.17, 15) is 4.79 Å². The molecule has 0 aliphatic carbocycles. The Hall–Kier alpha value is -1.54. The molecule has 0 aliphatic heterocycles. The van der Waals surface area contributed by atoms with Gasteiger partial charge in [0, 0.05) is 16.0 Å². The normalized spacial score (nSPS) is 10.3. The Bertz CT molecular complexity index is 526. The maximum atomic E-state index is 12.2. The van der Waals surface area contributed by atoms with Gasteiger partial charge in [0.2, 0.25) is 0 Å². The van der Waals surface area contributed by atoms with Crippen molar-refractivity contribution in [3.05, 3.63) is 65.2 Å². The Morgan fingerprint density at radius 3 is 1.94 bits per heavy atom. The molecule has 0 saturated carbocycles. The van der Waals surface area contributed by atoms with Crippen molar-refractivity contribution in [1.29, 1.82) is 0 Å². The van der Waals surface area contributed by atoms with Crippen molar-refractivity contribution < 1.29 is 4.79 Å². The van der Waals surface area contributed by atoms with Crippen molar-refractivity contribution in [2.24, 2.45) is 0 Å². The summed E-state index contributed by atoms with van der Waals surface area (Å²) >= 11 is 1.78. The van der Waals surface area contributed by atoms with Gasteiger partial charge >= 0.3 is 0 Å². The second-order valence-corrected chi connectivity index (χ2v) is 5.49. The first-order chi connectivity index (χ1) is 8.70. The lowest BCUT2D eigenvalue weighted by molar-refractivity contribution is 0.103. The molecule has 0 N–H and O–H groups in total. The SMILES string of the molecule is CCSc1ccc(C(=O)c2ccc(C)cc2)cc1. The summed E-state index contributed by atoms with van der Waals surface area (Å²) in [6.45, 7) is 4.14. The van der Waals surface area contributed by atoms with Crippen molar-refractivity contribution in [2.45, 2.75) is 18.7 Å². The first-order valence-corrected chi connectivity index (χ1v) is 7.03. The van der Waals surface area contributed by atoms with Crippen LogP contribution in [0, 0.1) is 6.92 Å². The van der Waals surface area contributed by atoms with E-state index in [2.05, 4.69) is 6.92 Å². The third-order valence-corrected chi connectivity index (χ3v) is 3.64. The van der Waals surface area contributed by atoms with Crippen LogP contribution < -0.4 is 0 Å². The smallest absolute Gasteiger partial charge is 0.193 e. The maximum Gasteiger partial charge on any atom is 0.193 e. The van der Waals surface area contributed by atoms with Gasteiger partial charge in [-0.3, -0.25) is 4.79 Å². The van der Waals surface area contributed by atoms with Crippen LogP contribution in [-0.2, 0) is 0 Å². The van der Waals surface area contributed by atoms with Crippen LogP contribution in [0.25, 0.3) is 0 Å². The van der Waals surface area contributed by atoms with E-state index in [1.54, 1.807) is 11.8 Å². The summed E-state index contributed by atoms with van der Waals surface area (Å²) in [4.78, 5) is 13.4. The van der Waals surface area contributed by atoms with Crippen molar-refractivity contribution in [2.75, 3.05) is 5.75 Å². The third kappa shape index (κ3) is 3.02. The molecule has 0 fully saturated rings. The fourth-order valence-corrected chi connectivity index (χ4v) is 2.40. The monoisotopic (exact) mass is 256 g/mol. The van der Waals surface area contributed by atoms with E-state index in [4.69, 9.17) is 0 Å². The number of hydrogen-bond acceptors (Lipinski definition) is 2. The molecule has 2 rings (SSSR count). The molecule has 0 amide bonds. The predicted molar refractivity (Wildman–Crippen MR) is 77.5 cm³/mol. The van der Waals surface area contributed by atoms with E-state index >= 15 is 0 Å². The molecule has 0 saturated heterocycles. The van der Waals surface area contributed by atoms with Gasteiger partial charge in [0.05, 0.1) is 0 Å². The quantitative estimate of drug-likeness (QED) is 0.598. The molecule has 0 aromatic heterocycles. The fraction of sp³-hybridized carbons (Fsp3) is 0.188. The molecular formula is C16H16OS. The van der Waals surface area contributed by atoms with E-state index in [0.717, 1.165) is 16.9 Å². The number of ketones is 1. The molecule has 2 aromatic rings. The van der Waals surface area contributed by atoms with Crippen LogP contribution in [0.15, 0.2) is 53.4 Å². The number of thioether (sulfide) groups is 1. The highest BCUT2D eigenvalue weighted by atomic mass is 32.2. The minimum atomic E-state index is 0.0862. The highest BCUT2D eigenvalue weighted by molar-refractivity contribution is 7.99. The first-order valence-electron chi connectivity index (χ1n) is 6.05. The lowest BCUT2D eigenvalue weighted by Crippen LogP contribution is -2.00. The van der Waals surface area contributed by atoms with E-state index in [1.807, 2.05) is 55.5 Å². The summed E-state index contributed by atoms with van der Waals surface area (Å²) in [5.74, 6) is 1.13. The van der Waals surface area contributed by atoms with Gasteiger partial charge in [-0.05, 0) is 36.9 Å². The van der Waals surface area contributed by atoms with Crippen molar-refractivity contribution in [1.82, 2.24) is 0 Å².